The van der Waals surface area contributed by atoms with E-state index < -0.39 is 0 Å². The Kier molecular flexibility index (Phi) is 6.60. The summed E-state index contributed by atoms with van der Waals surface area (Å²) in [5.41, 5.74) is 1.43. The molecule has 3 heteroatoms. The number of Topliss-reactive ketones (excluding diaryl/α,β-unsaturated/α-hetero) is 2. The summed E-state index contributed by atoms with van der Waals surface area (Å²) >= 11 is 1.50. The molecule has 0 aromatic heterocycles. The summed E-state index contributed by atoms with van der Waals surface area (Å²) < 4.78 is 0. The summed E-state index contributed by atoms with van der Waals surface area (Å²) in [5, 5.41) is -0.370. The Bertz CT molecular complexity index is 580. The van der Waals surface area contributed by atoms with Crippen LogP contribution < -0.4 is 0 Å². The molecule has 0 aliphatic rings. The normalized spacial score (nSPS) is 13.3. The van der Waals surface area contributed by atoms with Gasteiger partial charge in [-0.3, -0.25) is 9.59 Å². The number of carbonyl (C=O) groups excluding carboxylic acids is 2. The van der Waals surface area contributed by atoms with Crippen LogP contribution in [-0.4, -0.2) is 22.1 Å². The van der Waals surface area contributed by atoms with Gasteiger partial charge in [0.15, 0.2) is 11.6 Å². The first-order valence-electron chi connectivity index (χ1n) is 8.01. The molecule has 120 valence electrons. The van der Waals surface area contributed by atoms with Crippen LogP contribution in [0.25, 0.3) is 0 Å². The fraction of sp³-hybridized carbons (Fsp3) is 0.300. The summed E-state index contributed by atoms with van der Waals surface area (Å²) in [7, 11) is 0. The first-order valence-corrected chi connectivity index (χ1v) is 8.95. The van der Waals surface area contributed by atoms with Crippen molar-refractivity contribution in [2.24, 2.45) is 0 Å². The highest BCUT2D eigenvalue weighted by Crippen LogP contribution is 2.28. The van der Waals surface area contributed by atoms with E-state index in [4.69, 9.17) is 0 Å². The topological polar surface area (TPSA) is 34.1 Å². The van der Waals surface area contributed by atoms with Gasteiger partial charge >= 0.3 is 0 Å². The van der Waals surface area contributed by atoms with Gasteiger partial charge in [-0.25, -0.2) is 0 Å². The summed E-state index contributed by atoms with van der Waals surface area (Å²) in [4.78, 5) is 25.3. The van der Waals surface area contributed by atoms with Crippen LogP contribution in [0.1, 0.15) is 47.4 Å². The quantitative estimate of drug-likeness (QED) is 0.637. The molecule has 0 aliphatic heterocycles. The number of thioether (sulfide) groups is 1. The first-order chi connectivity index (χ1) is 11.2. The number of ketones is 2. The van der Waals surface area contributed by atoms with Gasteiger partial charge < -0.3 is 0 Å². The lowest BCUT2D eigenvalue weighted by molar-refractivity contribution is 0.0986. The first kappa shape index (κ1) is 17.5. The van der Waals surface area contributed by atoms with Crippen molar-refractivity contribution in [3.05, 3.63) is 71.8 Å². The van der Waals surface area contributed by atoms with Crippen molar-refractivity contribution in [3.8, 4) is 0 Å². The molecule has 2 atom stereocenters. The van der Waals surface area contributed by atoms with Crippen molar-refractivity contribution in [2.45, 2.75) is 37.2 Å². The molecule has 0 aliphatic carbocycles. The molecule has 2 unspecified atom stereocenters. The van der Waals surface area contributed by atoms with Gasteiger partial charge in [-0.2, -0.15) is 0 Å². The van der Waals surface area contributed by atoms with Gasteiger partial charge in [0.1, 0.15) is 0 Å². The summed E-state index contributed by atoms with van der Waals surface area (Å²) in [6.07, 6.45) is 1.44. The molecule has 0 heterocycles. The fourth-order valence-electron chi connectivity index (χ4n) is 2.46. The molecule has 2 rings (SSSR count). The van der Waals surface area contributed by atoms with E-state index in [0.29, 0.717) is 11.1 Å². The molecule has 0 amide bonds. The Morgan fingerprint density at radius 2 is 1.09 bits per heavy atom. The second-order valence-electron chi connectivity index (χ2n) is 5.39. The Morgan fingerprint density at radius 3 is 1.39 bits per heavy atom. The van der Waals surface area contributed by atoms with Gasteiger partial charge in [-0.15, -0.1) is 11.8 Å². The maximum atomic E-state index is 12.7. The minimum atomic E-state index is -0.185. The zero-order chi connectivity index (χ0) is 16.7. The van der Waals surface area contributed by atoms with E-state index in [2.05, 4.69) is 0 Å². The van der Waals surface area contributed by atoms with E-state index in [9.17, 15) is 9.59 Å². The average molecular weight is 326 g/mol. The van der Waals surface area contributed by atoms with Gasteiger partial charge in [0.05, 0.1) is 10.5 Å². The van der Waals surface area contributed by atoms with Crippen LogP contribution in [0, 0.1) is 0 Å². The number of rotatable bonds is 8. The summed E-state index contributed by atoms with van der Waals surface area (Å²) in [6.45, 7) is 4.00. The predicted molar refractivity (Wildman–Crippen MR) is 97.3 cm³/mol. The van der Waals surface area contributed by atoms with E-state index in [1.54, 1.807) is 0 Å². The molecule has 0 spiro atoms. The van der Waals surface area contributed by atoms with Crippen molar-refractivity contribution >= 4 is 23.3 Å². The molecule has 2 aromatic carbocycles. The highest BCUT2D eigenvalue weighted by molar-refractivity contribution is 8.02. The number of benzene rings is 2. The molecule has 23 heavy (non-hydrogen) atoms. The van der Waals surface area contributed by atoms with Gasteiger partial charge in [-0.1, -0.05) is 74.5 Å². The lowest BCUT2D eigenvalue weighted by Gasteiger charge is -2.20. The largest absolute Gasteiger partial charge is 0.293 e. The third kappa shape index (κ3) is 4.55. The van der Waals surface area contributed by atoms with E-state index in [1.807, 2.05) is 74.5 Å². The highest BCUT2D eigenvalue weighted by atomic mass is 32.2. The van der Waals surface area contributed by atoms with Crippen LogP contribution in [0.4, 0.5) is 0 Å². The number of hydrogen-bond donors (Lipinski definition) is 0. The van der Waals surface area contributed by atoms with Gasteiger partial charge in [0.25, 0.3) is 0 Å². The summed E-state index contributed by atoms with van der Waals surface area (Å²) in [6, 6.07) is 18.6. The van der Waals surface area contributed by atoms with Gasteiger partial charge in [0, 0.05) is 11.1 Å². The average Bonchev–Trinajstić information content (AvgIpc) is 2.63. The van der Waals surface area contributed by atoms with Crippen molar-refractivity contribution in [1.29, 1.82) is 0 Å². The smallest absolute Gasteiger partial charge is 0.175 e. The van der Waals surface area contributed by atoms with E-state index in [0.717, 1.165) is 12.8 Å². The van der Waals surface area contributed by atoms with Crippen molar-refractivity contribution in [3.63, 3.8) is 0 Å². The Morgan fingerprint density at radius 1 is 0.739 bits per heavy atom. The maximum absolute atomic E-state index is 12.7. The van der Waals surface area contributed by atoms with Crippen LogP contribution >= 0.6 is 11.8 Å². The Balaban J connectivity index is 2.12. The van der Waals surface area contributed by atoms with Gasteiger partial charge in [-0.05, 0) is 12.8 Å². The SMILES string of the molecule is CCC(SC(CC)C(=O)c1ccccc1)C(=O)c1ccccc1. The van der Waals surface area contributed by atoms with E-state index in [-0.39, 0.29) is 22.1 Å². The molecule has 0 N–H and O–H groups in total. The fourth-order valence-corrected chi connectivity index (χ4v) is 3.76. The Labute approximate surface area is 142 Å². The lowest BCUT2D eigenvalue weighted by Crippen LogP contribution is -2.25. The molecule has 0 saturated heterocycles. The monoisotopic (exact) mass is 326 g/mol. The molecule has 0 saturated carbocycles. The molecular weight excluding hydrogens is 304 g/mol. The molecule has 0 fully saturated rings. The van der Waals surface area contributed by atoms with Gasteiger partial charge in [0.2, 0.25) is 0 Å². The minimum Gasteiger partial charge on any atom is -0.293 e. The highest BCUT2D eigenvalue weighted by Gasteiger charge is 2.26. The molecular formula is C20H22O2S. The zero-order valence-electron chi connectivity index (χ0n) is 13.6. The third-order valence-electron chi connectivity index (χ3n) is 3.77. The zero-order valence-corrected chi connectivity index (χ0v) is 14.4. The number of carbonyl (C=O) groups is 2. The molecule has 0 bridgehead atoms. The summed E-state index contributed by atoms with van der Waals surface area (Å²) in [5.74, 6) is 0.217. The number of hydrogen-bond acceptors (Lipinski definition) is 3. The van der Waals surface area contributed by atoms with Crippen molar-refractivity contribution < 1.29 is 9.59 Å². The lowest BCUT2D eigenvalue weighted by atomic mass is 10.1. The molecule has 2 aromatic rings. The van der Waals surface area contributed by atoms with Crippen LogP contribution in [0.3, 0.4) is 0 Å². The van der Waals surface area contributed by atoms with Crippen LogP contribution in [0.2, 0.25) is 0 Å². The van der Waals surface area contributed by atoms with E-state index >= 15 is 0 Å². The van der Waals surface area contributed by atoms with Crippen LogP contribution in [0.15, 0.2) is 60.7 Å². The maximum Gasteiger partial charge on any atom is 0.175 e. The minimum absolute atomic E-state index is 0.109. The van der Waals surface area contributed by atoms with Crippen LogP contribution in [0.5, 0.6) is 0 Å². The van der Waals surface area contributed by atoms with Crippen molar-refractivity contribution in [2.75, 3.05) is 0 Å². The van der Waals surface area contributed by atoms with Crippen molar-refractivity contribution in [1.82, 2.24) is 0 Å². The molecule has 2 nitrogen and oxygen atoms in total. The second kappa shape index (κ2) is 8.68. The second-order valence-corrected chi connectivity index (χ2v) is 6.80. The molecule has 0 radical (unpaired) electrons. The van der Waals surface area contributed by atoms with Crippen LogP contribution in [-0.2, 0) is 0 Å². The Hall–Kier alpha value is -1.87. The predicted octanol–water partition coefficient (Wildman–Crippen LogP) is 5.04. The third-order valence-corrected chi connectivity index (χ3v) is 5.52. The van der Waals surface area contributed by atoms with E-state index in [1.165, 1.54) is 11.8 Å². The standard InChI is InChI=1S/C20H22O2S/c1-3-17(19(21)15-11-7-5-8-12-15)23-18(4-2)20(22)16-13-9-6-10-14-16/h5-14,17-18H,3-4H2,1-2H3.